The molecule has 2 atom stereocenters. The first-order valence-electron chi connectivity index (χ1n) is 10.3. The van der Waals surface area contributed by atoms with Crippen LogP contribution in [0.15, 0.2) is 71.8 Å². The Labute approximate surface area is 175 Å². The average molecular weight is 398 g/mol. The number of rotatable bonds is 2. The van der Waals surface area contributed by atoms with Crippen LogP contribution in [0.25, 0.3) is 0 Å². The maximum Gasteiger partial charge on any atom is 0.213 e. The topological polar surface area (TPSA) is 43.3 Å². The second kappa shape index (κ2) is 6.80. The zero-order valence-corrected chi connectivity index (χ0v) is 16.7. The van der Waals surface area contributed by atoms with Crippen molar-refractivity contribution < 1.29 is 14.2 Å². The van der Waals surface area contributed by atoms with Gasteiger partial charge in [0.25, 0.3) is 0 Å². The number of benzene rings is 3. The predicted octanol–water partition coefficient (Wildman–Crippen LogP) is 5.01. The van der Waals surface area contributed by atoms with Crippen molar-refractivity contribution >= 4 is 5.71 Å². The third-order valence-corrected chi connectivity index (χ3v) is 5.94. The van der Waals surface area contributed by atoms with Crippen LogP contribution in [-0.2, 0) is 0 Å². The normalized spacial score (nSPS) is 21.4. The Balaban J connectivity index is 1.41. The van der Waals surface area contributed by atoms with Crippen LogP contribution in [0.2, 0.25) is 0 Å². The molecule has 3 aliphatic heterocycles. The summed E-state index contributed by atoms with van der Waals surface area (Å²) in [5.41, 5.74) is 5.61. The molecule has 0 spiro atoms. The number of fused-ring (bicyclic) bond motifs is 4. The van der Waals surface area contributed by atoms with E-state index >= 15 is 0 Å². The molecule has 3 aliphatic rings. The largest absolute Gasteiger partial charge is 0.486 e. The van der Waals surface area contributed by atoms with Gasteiger partial charge in [0.2, 0.25) is 6.23 Å². The van der Waals surface area contributed by atoms with Gasteiger partial charge in [0.05, 0.1) is 11.8 Å². The summed E-state index contributed by atoms with van der Waals surface area (Å²) in [6, 6.07) is 23.0. The highest BCUT2D eigenvalue weighted by molar-refractivity contribution is 6.02. The van der Waals surface area contributed by atoms with Gasteiger partial charge in [-0.3, -0.25) is 0 Å². The maximum absolute atomic E-state index is 6.42. The molecule has 3 aromatic rings. The second-order valence-corrected chi connectivity index (χ2v) is 7.92. The first-order valence-corrected chi connectivity index (χ1v) is 10.3. The lowest BCUT2D eigenvalue weighted by molar-refractivity contribution is -0.0190. The summed E-state index contributed by atoms with van der Waals surface area (Å²) in [5.74, 6) is 2.52. The van der Waals surface area contributed by atoms with Crippen LogP contribution >= 0.6 is 0 Å². The average Bonchev–Trinajstić information content (AvgIpc) is 3.25. The third kappa shape index (κ3) is 2.81. The van der Waals surface area contributed by atoms with E-state index in [-0.39, 0.29) is 12.3 Å². The molecule has 0 N–H and O–H groups in total. The van der Waals surface area contributed by atoms with E-state index in [0.29, 0.717) is 13.2 Å². The minimum absolute atomic E-state index is 0.143. The Morgan fingerprint density at radius 2 is 1.67 bits per heavy atom. The highest BCUT2D eigenvalue weighted by Crippen LogP contribution is 2.47. The van der Waals surface area contributed by atoms with Crippen molar-refractivity contribution in [2.24, 2.45) is 5.10 Å². The van der Waals surface area contributed by atoms with Gasteiger partial charge < -0.3 is 14.2 Å². The SMILES string of the molecule is Cc1ccc([C@@H]2Oc3ccccc3[C@@H]3CC(c4ccc5c(c4)OCCO5)=NN32)cc1. The minimum Gasteiger partial charge on any atom is -0.486 e. The smallest absolute Gasteiger partial charge is 0.213 e. The summed E-state index contributed by atoms with van der Waals surface area (Å²) < 4.78 is 17.9. The predicted molar refractivity (Wildman–Crippen MR) is 114 cm³/mol. The fourth-order valence-electron chi connectivity index (χ4n) is 4.38. The Kier molecular flexibility index (Phi) is 3.94. The van der Waals surface area contributed by atoms with Crippen molar-refractivity contribution in [2.45, 2.75) is 25.6 Å². The number of hydrogen-bond acceptors (Lipinski definition) is 5. The van der Waals surface area contributed by atoms with Crippen LogP contribution in [0, 0.1) is 6.92 Å². The number of nitrogens with zero attached hydrogens (tertiary/aromatic N) is 2. The van der Waals surface area contributed by atoms with E-state index in [1.165, 1.54) is 11.1 Å². The number of ether oxygens (including phenoxy) is 3. The summed E-state index contributed by atoms with van der Waals surface area (Å²) in [5, 5.41) is 7.15. The van der Waals surface area contributed by atoms with E-state index in [0.717, 1.165) is 40.5 Å². The number of para-hydroxylation sites is 1. The van der Waals surface area contributed by atoms with Crippen molar-refractivity contribution in [3.63, 3.8) is 0 Å². The molecule has 5 heteroatoms. The van der Waals surface area contributed by atoms with Gasteiger partial charge in [0.1, 0.15) is 19.0 Å². The summed E-state index contributed by atoms with van der Waals surface area (Å²) in [6.45, 7) is 3.27. The van der Waals surface area contributed by atoms with Gasteiger partial charge in [-0.2, -0.15) is 5.10 Å². The molecule has 0 bridgehead atoms. The fraction of sp³-hybridized carbons (Fsp3) is 0.240. The third-order valence-electron chi connectivity index (χ3n) is 5.94. The lowest BCUT2D eigenvalue weighted by Gasteiger charge is -2.38. The summed E-state index contributed by atoms with van der Waals surface area (Å²) in [7, 11) is 0. The zero-order chi connectivity index (χ0) is 20.1. The molecule has 0 saturated carbocycles. The van der Waals surface area contributed by atoms with Gasteiger partial charge >= 0.3 is 0 Å². The molecule has 0 fully saturated rings. The summed E-state index contributed by atoms with van der Waals surface area (Å²) >= 11 is 0. The van der Waals surface area contributed by atoms with Crippen LogP contribution in [0.3, 0.4) is 0 Å². The minimum atomic E-state index is -0.250. The number of aryl methyl sites for hydroxylation is 1. The molecule has 3 heterocycles. The van der Waals surface area contributed by atoms with Crippen molar-refractivity contribution in [1.29, 1.82) is 0 Å². The molecule has 0 aromatic heterocycles. The first-order chi connectivity index (χ1) is 14.8. The van der Waals surface area contributed by atoms with E-state index < -0.39 is 0 Å². The van der Waals surface area contributed by atoms with Crippen molar-refractivity contribution in [1.82, 2.24) is 5.01 Å². The highest BCUT2D eigenvalue weighted by atomic mass is 16.6. The molecular formula is C25H22N2O3. The molecule has 5 nitrogen and oxygen atoms in total. The second-order valence-electron chi connectivity index (χ2n) is 7.92. The Bertz CT molecular complexity index is 1140. The quantitative estimate of drug-likeness (QED) is 0.609. The van der Waals surface area contributed by atoms with Crippen LogP contribution in [0.1, 0.15) is 40.9 Å². The number of hydrogen-bond donors (Lipinski definition) is 0. The zero-order valence-electron chi connectivity index (χ0n) is 16.7. The summed E-state index contributed by atoms with van der Waals surface area (Å²) in [4.78, 5) is 0. The standard InChI is InChI=1S/C25H22N2O3/c1-16-6-8-17(9-7-16)25-27-21(19-4-2-3-5-22(19)30-25)15-20(26-27)18-10-11-23-24(14-18)29-13-12-28-23/h2-11,14,21,25H,12-13,15H2,1H3/t21-,25-/m0/s1. The van der Waals surface area contributed by atoms with E-state index in [4.69, 9.17) is 19.3 Å². The Morgan fingerprint density at radius 1 is 0.867 bits per heavy atom. The van der Waals surface area contributed by atoms with Gasteiger partial charge in [-0.05, 0) is 31.2 Å². The van der Waals surface area contributed by atoms with Crippen LogP contribution < -0.4 is 14.2 Å². The highest BCUT2D eigenvalue weighted by Gasteiger charge is 2.40. The Morgan fingerprint density at radius 3 is 2.53 bits per heavy atom. The molecule has 0 saturated heterocycles. The number of hydrazone groups is 1. The van der Waals surface area contributed by atoms with E-state index in [9.17, 15) is 0 Å². The molecule has 0 amide bonds. The Hall–Kier alpha value is -3.47. The first kappa shape index (κ1) is 17.4. The van der Waals surface area contributed by atoms with Crippen LogP contribution in [0.5, 0.6) is 17.2 Å². The molecule has 0 aliphatic carbocycles. The molecule has 3 aromatic carbocycles. The van der Waals surface area contributed by atoms with Crippen molar-refractivity contribution in [2.75, 3.05) is 13.2 Å². The molecular weight excluding hydrogens is 376 g/mol. The summed E-state index contributed by atoms with van der Waals surface area (Å²) in [6.07, 6.45) is 0.572. The maximum atomic E-state index is 6.42. The van der Waals surface area contributed by atoms with E-state index in [1.807, 2.05) is 18.2 Å². The monoisotopic (exact) mass is 398 g/mol. The van der Waals surface area contributed by atoms with Gasteiger partial charge in [-0.1, -0.05) is 48.0 Å². The van der Waals surface area contributed by atoms with Gasteiger partial charge in [0.15, 0.2) is 11.5 Å². The molecule has 6 rings (SSSR count). The van der Waals surface area contributed by atoms with Gasteiger partial charge in [-0.25, -0.2) is 5.01 Å². The van der Waals surface area contributed by atoms with E-state index in [1.54, 1.807) is 0 Å². The van der Waals surface area contributed by atoms with Gasteiger partial charge in [0, 0.05) is 23.1 Å². The molecule has 0 unspecified atom stereocenters. The molecule has 0 radical (unpaired) electrons. The lowest BCUT2D eigenvalue weighted by atomic mass is 9.95. The van der Waals surface area contributed by atoms with Crippen LogP contribution in [0.4, 0.5) is 0 Å². The molecule has 30 heavy (non-hydrogen) atoms. The van der Waals surface area contributed by atoms with Crippen molar-refractivity contribution in [3.05, 3.63) is 89.0 Å². The van der Waals surface area contributed by atoms with E-state index in [2.05, 4.69) is 60.5 Å². The molecule has 150 valence electrons. The lowest BCUT2D eigenvalue weighted by Crippen LogP contribution is -2.33. The fourth-order valence-corrected chi connectivity index (χ4v) is 4.38. The van der Waals surface area contributed by atoms with Gasteiger partial charge in [-0.15, -0.1) is 0 Å². The van der Waals surface area contributed by atoms with Crippen molar-refractivity contribution in [3.8, 4) is 17.2 Å². The van der Waals surface area contributed by atoms with Crippen LogP contribution in [-0.4, -0.2) is 23.9 Å².